The number of hydrogen-bond acceptors (Lipinski definition) is 4. The Morgan fingerprint density at radius 1 is 0.967 bits per heavy atom. The van der Waals surface area contributed by atoms with Crippen molar-refractivity contribution in [2.75, 3.05) is 5.32 Å². The molecule has 1 aliphatic heterocycles. The Morgan fingerprint density at radius 2 is 1.77 bits per heavy atom. The number of aromatic nitrogens is 4. The molecule has 2 aliphatic rings. The third-order valence-corrected chi connectivity index (χ3v) is 6.33. The maximum Gasteiger partial charge on any atom is 0.182 e. The Kier molecular flexibility index (Phi) is 4.09. The summed E-state index contributed by atoms with van der Waals surface area (Å²) in [6, 6.07) is 18.3. The third kappa shape index (κ3) is 2.81. The highest BCUT2D eigenvalue weighted by atomic mass is 35.5. The molecule has 0 amide bonds. The van der Waals surface area contributed by atoms with Crippen molar-refractivity contribution >= 4 is 23.1 Å². The number of fused-ring (bicyclic) bond motifs is 3. The van der Waals surface area contributed by atoms with Crippen LogP contribution in [0.2, 0.25) is 5.02 Å². The Balaban J connectivity index is 1.59. The maximum atomic E-state index is 6.19. The number of anilines is 1. The largest absolute Gasteiger partial charge is 0.343 e. The molecule has 1 unspecified atom stereocenters. The average Bonchev–Trinajstić information content (AvgIpc) is 3.23. The van der Waals surface area contributed by atoms with Gasteiger partial charge in [0.05, 0.1) is 5.56 Å². The highest BCUT2D eigenvalue weighted by Crippen LogP contribution is 2.47. The molecule has 0 saturated carbocycles. The summed E-state index contributed by atoms with van der Waals surface area (Å²) in [7, 11) is 0. The zero-order valence-electron chi connectivity index (χ0n) is 16.3. The summed E-state index contributed by atoms with van der Waals surface area (Å²) in [5, 5.41) is 9.07. The molecule has 6 rings (SSSR count). The molecular weight excluding hydrogens is 394 g/mol. The number of benzene rings is 2. The van der Waals surface area contributed by atoms with Crippen LogP contribution in [0.15, 0.2) is 72.2 Å². The lowest BCUT2D eigenvalue weighted by Gasteiger charge is -2.34. The van der Waals surface area contributed by atoms with Gasteiger partial charge in [-0.3, -0.25) is 0 Å². The Bertz CT molecular complexity index is 1270. The smallest absolute Gasteiger partial charge is 0.182 e. The lowest BCUT2D eigenvalue weighted by molar-refractivity contribution is 0.633. The van der Waals surface area contributed by atoms with Gasteiger partial charge in [0.25, 0.3) is 0 Å². The van der Waals surface area contributed by atoms with E-state index in [4.69, 9.17) is 26.7 Å². The van der Waals surface area contributed by atoms with Crippen LogP contribution in [0.25, 0.3) is 17.0 Å². The van der Waals surface area contributed by atoms with E-state index < -0.39 is 0 Å². The van der Waals surface area contributed by atoms with Gasteiger partial charge in [-0.05, 0) is 49.0 Å². The van der Waals surface area contributed by atoms with Gasteiger partial charge in [-0.2, -0.15) is 0 Å². The third-order valence-electron chi connectivity index (χ3n) is 6.08. The van der Waals surface area contributed by atoms with Crippen LogP contribution < -0.4 is 5.32 Å². The molecule has 5 nitrogen and oxygen atoms in total. The molecule has 4 aromatic rings. The summed E-state index contributed by atoms with van der Waals surface area (Å²) < 4.78 is 1.81. The maximum absolute atomic E-state index is 6.19. The molecule has 148 valence electrons. The first kappa shape index (κ1) is 17.7. The number of nitrogens with one attached hydrogen (secondary N) is 1. The predicted octanol–water partition coefficient (Wildman–Crippen LogP) is 5.83. The Morgan fingerprint density at radius 3 is 2.60 bits per heavy atom. The molecule has 6 heteroatoms. The fraction of sp³-hybridized carbons (Fsp3) is 0.208. The van der Waals surface area contributed by atoms with E-state index in [9.17, 15) is 0 Å². The van der Waals surface area contributed by atoms with Crippen molar-refractivity contribution < 1.29 is 0 Å². The molecule has 0 fully saturated rings. The van der Waals surface area contributed by atoms with Crippen molar-refractivity contribution in [2.24, 2.45) is 0 Å². The minimum absolute atomic E-state index is 0.109. The zero-order chi connectivity index (χ0) is 20.1. The van der Waals surface area contributed by atoms with Crippen molar-refractivity contribution in [3.8, 4) is 11.4 Å². The van der Waals surface area contributed by atoms with Gasteiger partial charge >= 0.3 is 0 Å². The van der Waals surface area contributed by atoms with E-state index in [1.54, 1.807) is 10.8 Å². The summed E-state index contributed by atoms with van der Waals surface area (Å²) in [5.74, 6) is 1.71. The van der Waals surface area contributed by atoms with Gasteiger partial charge in [-0.1, -0.05) is 54.1 Å². The second-order valence-electron chi connectivity index (χ2n) is 7.90. The molecule has 2 aromatic heterocycles. The fourth-order valence-corrected chi connectivity index (χ4v) is 4.81. The average molecular weight is 414 g/mol. The van der Waals surface area contributed by atoms with Crippen molar-refractivity contribution in [1.29, 1.82) is 0 Å². The highest BCUT2D eigenvalue weighted by molar-refractivity contribution is 6.30. The van der Waals surface area contributed by atoms with Gasteiger partial charge in [-0.25, -0.2) is 14.5 Å². The van der Waals surface area contributed by atoms with Gasteiger partial charge in [0.2, 0.25) is 0 Å². The fourth-order valence-electron chi connectivity index (χ4n) is 4.68. The van der Waals surface area contributed by atoms with Crippen LogP contribution in [0, 0.1) is 0 Å². The van der Waals surface area contributed by atoms with E-state index in [2.05, 4.69) is 17.4 Å². The standard InChI is InChI=1S/C24H20ClN5/c25-17-12-10-15(11-13-17)20-18-8-4-5-9-19(18)27-23-21(20)24-28-22(29-30(24)14-26-23)16-6-2-1-3-7-16/h1-3,6-7,10-14,20,27H,4-5,8-9H2. The summed E-state index contributed by atoms with van der Waals surface area (Å²) in [4.78, 5) is 9.68. The van der Waals surface area contributed by atoms with Gasteiger partial charge in [0.1, 0.15) is 12.1 Å². The van der Waals surface area contributed by atoms with Gasteiger partial charge < -0.3 is 5.32 Å². The molecule has 0 bridgehead atoms. The molecule has 0 saturated heterocycles. The first-order valence-electron chi connectivity index (χ1n) is 10.3. The normalized spacial score (nSPS) is 18.1. The van der Waals surface area contributed by atoms with Crippen molar-refractivity contribution in [2.45, 2.75) is 31.6 Å². The van der Waals surface area contributed by atoms with Crippen LogP contribution in [0.3, 0.4) is 0 Å². The lowest BCUT2D eigenvalue weighted by Crippen LogP contribution is -2.23. The van der Waals surface area contributed by atoms with Crippen molar-refractivity contribution in [3.05, 3.63) is 88.3 Å². The van der Waals surface area contributed by atoms with E-state index in [1.807, 2.05) is 42.5 Å². The van der Waals surface area contributed by atoms with E-state index in [0.717, 1.165) is 40.5 Å². The zero-order valence-corrected chi connectivity index (χ0v) is 17.1. The first-order chi connectivity index (χ1) is 14.8. The highest BCUT2D eigenvalue weighted by Gasteiger charge is 2.34. The first-order valence-corrected chi connectivity index (χ1v) is 10.7. The SMILES string of the molecule is Clc1ccc(C2C3=C(CCCC3)Nc3ncn4nc(-c5ccccc5)nc4c32)cc1. The van der Waals surface area contributed by atoms with Crippen LogP contribution in [0.5, 0.6) is 0 Å². The molecule has 3 heterocycles. The molecule has 1 aliphatic carbocycles. The van der Waals surface area contributed by atoms with E-state index in [1.165, 1.54) is 29.7 Å². The number of rotatable bonds is 2. The van der Waals surface area contributed by atoms with Crippen LogP contribution in [-0.2, 0) is 0 Å². The van der Waals surface area contributed by atoms with Gasteiger partial charge in [0.15, 0.2) is 11.5 Å². The summed E-state index contributed by atoms with van der Waals surface area (Å²) >= 11 is 6.19. The molecule has 1 N–H and O–H groups in total. The summed E-state index contributed by atoms with van der Waals surface area (Å²) in [6.45, 7) is 0. The van der Waals surface area contributed by atoms with Crippen molar-refractivity contribution in [3.63, 3.8) is 0 Å². The number of nitrogens with zero attached hydrogens (tertiary/aromatic N) is 4. The Labute approximate surface area is 179 Å². The second kappa shape index (κ2) is 6.96. The molecule has 0 radical (unpaired) electrons. The predicted molar refractivity (Wildman–Crippen MR) is 119 cm³/mol. The van der Waals surface area contributed by atoms with Gasteiger partial charge in [-0.15, -0.1) is 5.10 Å². The van der Waals surface area contributed by atoms with Crippen LogP contribution in [0.4, 0.5) is 5.82 Å². The summed E-state index contributed by atoms with van der Waals surface area (Å²) in [6.07, 6.45) is 6.32. The number of halogens is 1. The van der Waals surface area contributed by atoms with Crippen molar-refractivity contribution in [1.82, 2.24) is 19.6 Å². The minimum Gasteiger partial charge on any atom is -0.343 e. The molecule has 2 aromatic carbocycles. The van der Waals surface area contributed by atoms with E-state index >= 15 is 0 Å². The molecule has 0 spiro atoms. The number of hydrogen-bond donors (Lipinski definition) is 1. The monoisotopic (exact) mass is 413 g/mol. The number of allylic oxidation sites excluding steroid dienone is 2. The van der Waals surface area contributed by atoms with E-state index in [0.29, 0.717) is 5.82 Å². The Hall–Kier alpha value is -3.18. The molecular formula is C24H20ClN5. The second-order valence-corrected chi connectivity index (χ2v) is 8.33. The minimum atomic E-state index is 0.109. The van der Waals surface area contributed by atoms with E-state index in [-0.39, 0.29) is 5.92 Å². The van der Waals surface area contributed by atoms with Crippen LogP contribution >= 0.6 is 11.6 Å². The quantitative estimate of drug-likeness (QED) is 0.449. The molecule has 30 heavy (non-hydrogen) atoms. The molecule has 1 atom stereocenters. The topological polar surface area (TPSA) is 55.1 Å². The summed E-state index contributed by atoms with van der Waals surface area (Å²) in [5.41, 5.74) is 6.91. The van der Waals surface area contributed by atoms with Crippen LogP contribution in [-0.4, -0.2) is 19.6 Å². The van der Waals surface area contributed by atoms with Crippen LogP contribution in [0.1, 0.15) is 42.7 Å². The van der Waals surface area contributed by atoms with Gasteiger partial charge in [0, 0.05) is 22.2 Å². The lowest BCUT2D eigenvalue weighted by atomic mass is 9.77.